The van der Waals surface area contributed by atoms with Crippen LogP contribution in [-0.2, 0) is 0 Å². The average Bonchev–Trinajstić information content (AvgIpc) is 2.18. The number of anilines is 2. The standard InChI is InChI=1S/C12H21N3/c1-9(2)5-4-6-14-12-7-11(13)10(3)8-15-12/h7-9H,4-6H2,1-3H3,(H3,13,14,15). The van der Waals surface area contributed by atoms with Crippen LogP contribution in [0.2, 0.25) is 0 Å². The van der Waals surface area contributed by atoms with Crippen molar-refractivity contribution < 1.29 is 0 Å². The third-order valence-corrected chi connectivity index (χ3v) is 2.41. The number of nitrogens with two attached hydrogens (primary N) is 1. The molecule has 0 saturated heterocycles. The molecule has 3 N–H and O–H groups in total. The zero-order valence-electron chi connectivity index (χ0n) is 9.88. The maximum absolute atomic E-state index is 5.79. The van der Waals surface area contributed by atoms with Crippen molar-refractivity contribution in [3.05, 3.63) is 17.8 Å². The molecule has 0 unspecified atom stereocenters. The number of nitrogens with zero attached hydrogens (tertiary/aromatic N) is 1. The largest absolute Gasteiger partial charge is 0.398 e. The predicted octanol–water partition coefficient (Wildman–Crippen LogP) is 2.82. The van der Waals surface area contributed by atoms with Crippen LogP contribution < -0.4 is 11.1 Å². The molecule has 3 nitrogen and oxygen atoms in total. The number of nitrogens with one attached hydrogen (secondary N) is 1. The highest BCUT2D eigenvalue weighted by Crippen LogP contribution is 2.13. The quantitative estimate of drug-likeness (QED) is 0.730. The van der Waals surface area contributed by atoms with Gasteiger partial charge < -0.3 is 11.1 Å². The van der Waals surface area contributed by atoms with Gasteiger partial charge in [0.25, 0.3) is 0 Å². The molecule has 1 aromatic heterocycles. The third-order valence-electron chi connectivity index (χ3n) is 2.41. The predicted molar refractivity (Wildman–Crippen MR) is 65.9 cm³/mol. The summed E-state index contributed by atoms with van der Waals surface area (Å²) in [6.45, 7) is 7.41. The molecule has 0 aromatic carbocycles. The average molecular weight is 207 g/mol. The van der Waals surface area contributed by atoms with Gasteiger partial charge >= 0.3 is 0 Å². The fourth-order valence-corrected chi connectivity index (χ4v) is 1.36. The number of aryl methyl sites for hydroxylation is 1. The van der Waals surface area contributed by atoms with E-state index in [1.165, 1.54) is 12.8 Å². The van der Waals surface area contributed by atoms with Gasteiger partial charge in [0, 0.05) is 24.5 Å². The molecular weight excluding hydrogens is 186 g/mol. The molecule has 0 aliphatic carbocycles. The molecule has 0 bridgehead atoms. The second-order valence-electron chi connectivity index (χ2n) is 4.39. The van der Waals surface area contributed by atoms with E-state index in [9.17, 15) is 0 Å². The van der Waals surface area contributed by atoms with E-state index < -0.39 is 0 Å². The molecule has 0 amide bonds. The summed E-state index contributed by atoms with van der Waals surface area (Å²) >= 11 is 0. The van der Waals surface area contributed by atoms with Crippen molar-refractivity contribution in [1.29, 1.82) is 0 Å². The van der Waals surface area contributed by atoms with Crippen molar-refractivity contribution in [2.24, 2.45) is 5.92 Å². The zero-order chi connectivity index (χ0) is 11.3. The lowest BCUT2D eigenvalue weighted by Crippen LogP contribution is -2.05. The molecule has 84 valence electrons. The monoisotopic (exact) mass is 207 g/mol. The van der Waals surface area contributed by atoms with Gasteiger partial charge in [-0.05, 0) is 31.2 Å². The smallest absolute Gasteiger partial charge is 0.127 e. The highest BCUT2D eigenvalue weighted by molar-refractivity contribution is 5.53. The van der Waals surface area contributed by atoms with Crippen molar-refractivity contribution in [2.75, 3.05) is 17.6 Å². The highest BCUT2D eigenvalue weighted by Gasteiger charge is 1.98. The van der Waals surface area contributed by atoms with Crippen LogP contribution in [0.4, 0.5) is 11.5 Å². The molecule has 15 heavy (non-hydrogen) atoms. The van der Waals surface area contributed by atoms with Crippen molar-refractivity contribution in [1.82, 2.24) is 4.98 Å². The molecule has 1 aromatic rings. The van der Waals surface area contributed by atoms with Gasteiger partial charge in [-0.2, -0.15) is 0 Å². The summed E-state index contributed by atoms with van der Waals surface area (Å²) in [5.41, 5.74) is 7.63. The van der Waals surface area contributed by atoms with Gasteiger partial charge in [0.15, 0.2) is 0 Å². The Morgan fingerprint density at radius 3 is 2.80 bits per heavy atom. The first-order valence-electron chi connectivity index (χ1n) is 5.55. The molecule has 0 aliphatic rings. The first-order chi connectivity index (χ1) is 7.09. The van der Waals surface area contributed by atoms with Gasteiger partial charge in [-0.3, -0.25) is 0 Å². The Balaban J connectivity index is 2.35. The topological polar surface area (TPSA) is 50.9 Å². The lowest BCUT2D eigenvalue weighted by Gasteiger charge is -2.08. The van der Waals surface area contributed by atoms with Crippen molar-refractivity contribution in [2.45, 2.75) is 33.6 Å². The lowest BCUT2D eigenvalue weighted by atomic mass is 10.1. The van der Waals surface area contributed by atoms with E-state index >= 15 is 0 Å². The summed E-state index contributed by atoms with van der Waals surface area (Å²) < 4.78 is 0. The van der Waals surface area contributed by atoms with E-state index in [1.54, 1.807) is 6.20 Å². The number of rotatable bonds is 5. The maximum atomic E-state index is 5.79. The minimum absolute atomic E-state index is 0.767. The lowest BCUT2D eigenvalue weighted by molar-refractivity contribution is 0.566. The zero-order valence-corrected chi connectivity index (χ0v) is 9.88. The van der Waals surface area contributed by atoms with Crippen molar-refractivity contribution in [3.63, 3.8) is 0 Å². The number of nitrogen functional groups attached to an aromatic ring is 1. The molecule has 0 spiro atoms. The Labute approximate surface area is 92.1 Å². The Morgan fingerprint density at radius 2 is 2.20 bits per heavy atom. The Bertz CT molecular complexity index is 308. The van der Waals surface area contributed by atoms with E-state index in [0.29, 0.717) is 0 Å². The Hall–Kier alpha value is -1.25. The molecule has 3 heteroatoms. The first kappa shape index (κ1) is 11.8. The Morgan fingerprint density at radius 1 is 1.47 bits per heavy atom. The number of aromatic nitrogens is 1. The van der Waals surface area contributed by atoms with Crippen molar-refractivity contribution in [3.8, 4) is 0 Å². The van der Waals surface area contributed by atoms with Crippen LogP contribution in [0.5, 0.6) is 0 Å². The summed E-state index contributed by atoms with van der Waals surface area (Å²) in [5, 5.41) is 3.28. The van der Waals surface area contributed by atoms with E-state index in [1.807, 2.05) is 13.0 Å². The summed E-state index contributed by atoms with van der Waals surface area (Å²) in [6, 6.07) is 1.89. The van der Waals surface area contributed by atoms with E-state index in [-0.39, 0.29) is 0 Å². The van der Waals surface area contributed by atoms with Crippen LogP contribution in [0.15, 0.2) is 12.3 Å². The molecule has 1 heterocycles. The first-order valence-corrected chi connectivity index (χ1v) is 5.55. The Kier molecular flexibility index (Phi) is 4.40. The summed E-state index contributed by atoms with van der Waals surface area (Å²) in [7, 11) is 0. The van der Waals surface area contributed by atoms with Gasteiger partial charge in [-0.1, -0.05) is 13.8 Å². The summed E-state index contributed by atoms with van der Waals surface area (Å²) in [6.07, 6.45) is 4.22. The molecule has 1 rings (SSSR count). The second kappa shape index (κ2) is 5.59. The molecular formula is C12H21N3. The molecule has 0 atom stereocenters. The fourth-order valence-electron chi connectivity index (χ4n) is 1.36. The normalized spacial score (nSPS) is 10.7. The number of pyridine rings is 1. The van der Waals surface area contributed by atoms with Crippen LogP contribution in [0.1, 0.15) is 32.3 Å². The van der Waals surface area contributed by atoms with Crippen LogP contribution in [0, 0.1) is 12.8 Å². The van der Waals surface area contributed by atoms with E-state index in [4.69, 9.17) is 5.73 Å². The second-order valence-corrected chi connectivity index (χ2v) is 4.39. The highest BCUT2D eigenvalue weighted by atomic mass is 15.0. The van der Waals surface area contributed by atoms with Crippen molar-refractivity contribution >= 4 is 11.5 Å². The number of hydrogen-bond donors (Lipinski definition) is 2. The van der Waals surface area contributed by atoms with Crippen LogP contribution in [0.3, 0.4) is 0 Å². The third kappa shape index (κ3) is 4.19. The van der Waals surface area contributed by atoms with Gasteiger partial charge in [-0.15, -0.1) is 0 Å². The molecule has 0 saturated carbocycles. The van der Waals surface area contributed by atoms with E-state index in [0.717, 1.165) is 29.5 Å². The summed E-state index contributed by atoms with van der Waals surface area (Å²) in [5.74, 6) is 1.64. The molecule has 0 aliphatic heterocycles. The minimum Gasteiger partial charge on any atom is -0.398 e. The van der Waals surface area contributed by atoms with E-state index in [2.05, 4.69) is 24.1 Å². The van der Waals surface area contributed by atoms with Crippen LogP contribution in [-0.4, -0.2) is 11.5 Å². The van der Waals surface area contributed by atoms with Gasteiger partial charge in [0.1, 0.15) is 5.82 Å². The van der Waals surface area contributed by atoms with Gasteiger partial charge in [0.05, 0.1) is 0 Å². The molecule has 0 fully saturated rings. The van der Waals surface area contributed by atoms with Crippen LogP contribution in [0.25, 0.3) is 0 Å². The fraction of sp³-hybridized carbons (Fsp3) is 0.583. The SMILES string of the molecule is Cc1cnc(NCCCC(C)C)cc1N. The van der Waals surface area contributed by atoms with Gasteiger partial charge in [-0.25, -0.2) is 4.98 Å². The minimum atomic E-state index is 0.767. The maximum Gasteiger partial charge on any atom is 0.127 e. The molecule has 0 radical (unpaired) electrons. The summed E-state index contributed by atoms with van der Waals surface area (Å²) in [4.78, 5) is 4.26. The van der Waals surface area contributed by atoms with Gasteiger partial charge in [0.2, 0.25) is 0 Å². The number of hydrogen-bond acceptors (Lipinski definition) is 3. The van der Waals surface area contributed by atoms with Crippen LogP contribution >= 0.6 is 0 Å².